The van der Waals surface area contributed by atoms with E-state index >= 15 is 0 Å². The zero-order valence-corrected chi connectivity index (χ0v) is 15.1. The van der Waals surface area contributed by atoms with Crippen LogP contribution in [0.1, 0.15) is 28.3 Å². The van der Waals surface area contributed by atoms with Crippen LogP contribution in [0.4, 0.5) is 0 Å². The van der Waals surface area contributed by atoms with Crippen molar-refractivity contribution in [1.29, 1.82) is 0 Å². The van der Waals surface area contributed by atoms with E-state index in [1.807, 2.05) is 11.8 Å². The zero-order chi connectivity index (χ0) is 17.3. The Balaban J connectivity index is 1.53. The van der Waals surface area contributed by atoms with Crippen LogP contribution in [0.2, 0.25) is 0 Å². The molecule has 2 aliphatic heterocycles. The largest absolute Gasteiger partial charge is 0.370 e. The molecule has 2 atom stereocenters. The van der Waals surface area contributed by atoms with Gasteiger partial charge in [-0.05, 0) is 13.3 Å². The Morgan fingerprint density at radius 1 is 1.54 bits per heavy atom. The molecular weight excluding hydrogens is 330 g/mol. The fourth-order valence-electron chi connectivity index (χ4n) is 3.15. The molecule has 3 rings (SSSR count). The third-order valence-corrected chi connectivity index (χ3v) is 5.33. The van der Waals surface area contributed by atoms with E-state index in [-0.39, 0.29) is 30.1 Å². The van der Waals surface area contributed by atoms with Crippen molar-refractivity contribution >= 4 is 23.2 Å². The molecule has 3 heterocycles. The summed E-state index contributed by atoms with van der Waals surface area (Å²) in [6, 6.07) is 0. The van der Waals surface area contributed by atoms with Crippen molar-refractivity contribution in [2.24, 2.45) is 0 Å². The molecule has 1 aromatic rings. The molecular formula is C16H23N3O4S. The fourth-order valence-corrected chi connectivity index (χ4v) is 3.74. The highest BCUT2D eigenvalue weighted by molar-refractivity contribution is 7.09. The zero-order valence-electron chi connectivity index (χ0n) is 14.3. The first kappa shape index (κ1) is 17.3. The van der Waals surface area contributed by atoms with Crippen LogP contribution < -0.4 is 0 Å². The lowest BCUT2D eigenvalue weighted by Gasteiger charge is -2.23. The van der Waals surface area contributed by atoms with E-state index in [0.29, 0.717) is 31.8 Å². The first-order valence-corrected chi connectivity index (χ1v) is 8.94. The number of aryl methyl sites for hydroxylation is 1. The molecule has 0 radical (unpaired) electrons. The van der Waals surface area contributed by atoms with Gasteiger partial charge in [-0.2, -0.15) is 0 Å². The van der Waals surface area contributed by atoms with Crippen LogP contribution in [0.5, 0.6) is 0 Å². The SMILES string of the molecule is Cc1nc(C(=O)N2CC[C@]3(C[C@@H](OCC(=O)N(C)C)CO3)C2)cs1. The highest BCUT2D eigenvalue weighted by atomic mass is 32.1. The number of ether oxygens (including phenoxy) is 2. The number of nitrogens with zero attached hydrogens (tertiary/aromatic N) is 3. The molecule has 0 N–H and O–H groups in total. The monoisotopic (exact) mass is 353 g/mol. The second-order valence-corrected chi connectivity index (χ2v) is 7.71. The average Bonchev–Trinajstić information content (AvgIpc) is 3.26. The van der Waals surface area contributed by atoms with Gasteiger partial charge in [-0.1, -0.05) is 0 Å². The molecule has 1 aromatic heterocycles. The van der Waals surface area contributed by atoms with E-state index in [0.717, 1.165) is 11.4 Å². The van der Waals surface area contributed by atoms with Crippen LogP contribution in [0.25, 0.3) is 0 Å². The highest BCUT2D eigenvalue weighted by Gasteiger charge is 2.47. The molecule has 0 aromatic carbocycles. The van der Waals surface area contributed by atoms with Crippen LogP contribution in [0.15, 0.2) is 5.38 Å². The lowest BCUT2D eigenvalue weighted by atomic mass is 9.98. The number of carbonyl (C=O) groups is 2. The predicted molar refractivity (Wildman–Crippen MR) is 89.1 cm³/mol. The number of thiazole rings is 1. The van der Waals surface area contributed by atoms with Crippen molar-refractivity contribution in [3.05, 3.63) is 16.1 Å². The van der Waals surface area contributed by atoms with Crippen LogP contribution in [-0.2, 0) is 14.3 Å². The van der Waals surface area contributed by atoms with Gasteiger partial charge in [0.25, 0.3) is 5.91 Å². The third-order valence-electron chi connectivity index (χ3n) is 4.56. The number of aromatic nitrogens is 1. The van der Waals surface area contributed by atoms with E-state index < -0.39 is 0 Å². The molecule has 0 unspecified atom stereocenters. The second-order valence-electron chi connectivity index (χ2n) is 6.65. The molecule has 0 aliphatic carbocycles. The minimum atomic E-state index is -0.341. The van der Waals surface area contributed by atoms with Gasteiger partial charge in [0.1, 0.15) is 12.3 Å². The second kappa shape index (κ2) is 6.78. The Morgan fingerprint density at radius 2 is 2.33 bits per heavy atom. The molecule has 8 heteroatoms. The maximum Gasteiger partial charge on any atom is 0.273 e. The molecule has 0 bridgehead atoms. The Morgan fingerprint density at radius 3 is 3.00 bits per heavy atom. The molecule has 2 saturated heterocycles. The van der Waals surface area contributed by atoms with Gasteiger partial charge in [-0.25, -0.2) is 4.98 Å². The molecule has 0 saturated carbocycles. The Hall–Kier alpha value is -1.51. The van der Waals surface area contributed by atoms with Crippen LogP contribution in [0.3, 0.4) is 0 Å². The van der Waals surface area contributed by atoms with E-state index in [1.165, 1.54) is 16.2 Å². The van der Waals surface area contributed by atoms with Gasteiger partial charge in [-0.3, -0.25) is 9.59 Å². The topological polar surface area (TPSA) is 72.0 Å². The summed E-state index contributed by atoms with van der Waals surface area (Å²) < 4.78 is 11.6. The summed E-state index contributed by atoms with van der Waals surface area (Å²) in [5.74, 6) is -0.0925. The molecule has 1 spiro atoms. The van der Waals surface area contributed by atoms with Gasteiger partial charge in [0.15, 0.2) is 0 Å². The quantitative estimate of drug-likeness (QED) is 0.805. The van der Waals surface area contributed by atoms with E-state index in [4.69, 9.17) is 9.47 Å². The number of hydrogen-bond donors (Lipinski definition) is 0. The fraction of sp³-hybridized carbons (Fsp3) is 0.688. The molecule has 2 fully saturated rings. The summed E-state index contributed by atoms with van der Waals surface area (Å²) in [7, 11) is 3.41. The lowest BCUT2D eigenvalue weighted by molar-refractivity contribution is -0.135. The van der Waals surface area contributed by atoms with Gasteiger partial charge in [-0.15, -0.1) is 11.3 Å². The van der Waals surface area contributed by atoms with Gasteiger partial charge in [0.05, 0.1) is 29.9 Å². The lowest BCUT2D eigenvalue weighted by Crippen LogP contribution is -2.36. The minimum absolute atomic E-state index is 0.0352. The minimum Gasteiger partial charge on any atom is -0.370 e. The molecule has 2 aliphatic rings. The number of carbonyl (C=O) groups excluding carboxylic acids is 2. The van der Waals surface area contributed by atoms with Crippen molar-refractivity contribution in [2.45, 2.75) is 31.5 Å². The number of rotatable bonds is 4. The van der Waals surface area contributed by atoms with E-state index in [9.17, 15) is 9.59 Å². The predicted octanol–water partition coefficient (Wildman–Crippen LogP) is 0.930. The summed E-state index contributed by atoms with van der Waals surface area (Å²) in [5.41, 5.74) is 0.170. The van der Waals surface area contributed by atoms with Crippen molar-refractivity contribution in [3.63, 3.8) is 0 Å². The maximum atomic E-state index is 12.5. The summed E-state index contributed by atoms with van der Waals surface area (Å²) >= 11 is 1.48. The summed E-state index contributed by atoms with van der Waals surface area (Å²) in [6.45, 7) is 3.66. The van der Waals surface area contributed by atoms with E-state index in [2.05, 4.69) is 4.98 Å². The van der Waals surface area contributed by atoms with Gasteiger partial charge < -0.3 is 19.3 Å². The number of hydrogen-bond acceptors (Lipinski definition) is 6. The first-order valence-electron chi connectivity index (χ1n) is 8.06. The number of likely N-dealkylation sites (N-methyl/N-ethyl adjacent to an activating group) is 1. The van der Waals surface area contributed by atoms with Crippen LogP contribution >= 0.6 is 11.3 Å². The number of likely N-dealkylation sites (tertiary alicyclic amines) is 1. The smallest absolute Gasteiger partial charge is 0.273 e. The Labute approximate surface area is 145 Å². The van der Waals surface area contributed by atoms with Crippen molar-refractivity contribution in [2.75, 3.05) is 40.4 Å². The van der Waals surface area contributed by atoms with Crippen LogP contribution in [0, 0.1) is 6.92 Å². The highest BCUT2D eigenvalue weighted by Crippen LogP contribution is 2.36. The van der Waals surface area contributed by atoms with Crippen molar-refractivity contribution in [1.82, 2.24) is 14.8 Å². The molecule has 24 heavy (non-hydrogen) atoms. The molecule has 132 valence electrons. The summed E-state index contributed by atoms with van der Waals surface area (Å²) in [6.07, 6.45) is 1.42. The van der Waals surface area contributed by atoms with Crippen LogP contribution in [-0.4, -0.2) is 78.7 Å². The van der Waals surface area contributed by atoms with Gasteiger partial charge >= 0.3 is 0 Å². The third kappa shape index (κ3) is 3.60. The number of amides is 2. The summed E-state index contributed by atoms with van der Waals surface area (Å²) in [5, 5.41) is 2.69. The first-order chi connectivity index (χ1) is 11.4. The van der Waals surface area contributed by atoms with Crippen molar-refractivity contribution < 1.29 is 19.1 Å². The Kier molecular flexibility index (Phi) is 4.89. The summed E-state index contributed by atoms with van der Waals surface area (Å²) in [4.78, 5) is 31.7. The Bertz CT molecular complexity index is 633. The standard InChI is InChI=1S/C16H23N3O4S/c1-11-17-13(9-24-11)15(21)19-5-4-16(10-19)6-12(7-23-16)22-8-14(20)18(2)3/h9,12H,4-8,10H2,1-3H3/t12-,16+/m1/s1. The van der Waals surface area contributed by atoms with E-state index in [1.54, 1.807) is 19.5 Å². The van der Waals surface area contributed by atoms with Gasteiger partial charge in [0, 0.05) is 32.4 Å². The average molecular weight is 353 g/mol. The van der Waals surface area contributed by atoms with Crippen molar-refractivity contribution in [3.8, 4) is 0 Å². The van der Waals surface area contributed by atoms with Gasteiger partial charge in [0.2, 0.25) is 5.91 Å². The normalized spacial score (nSPS) is 26.3. The maximum absolute atomic E-state index is 12.5. The molecule has 2 amide bonds. The molecule has 7 nitrogen and oxygen atoms in total.